The molecule has 0 aliphatic carbocycles. The summed E-state index contributed by atoms with van der Waals surface area (Å²) in [6, 6.07) is 0. The summed E-state index contributed by atoms with van der Waals surface area (Å²) >= 11 is 6.37. The molecular weight excluding hydrogens is 264 g/mol. The predicted octanol–water partition coefficient (Wildman–Crippen LogP) is 1.48. The molecule has 0 aromatic carbocycles. The van der Waals surface area contributed by atoms with E-state index in [-0.39, 0.29) is 0 Å². The Bertz CT molecular complexity index is 544. The third kappa shape index (κ3) is 2.96. The first-order chi connectivity index (χ1) is 9.19. The van der Waals surface area contributed by atoms with E-state index in [4.69, 9.17) is 11.6 Å². The van der Waals surface area contributed by atoms with Gasteiger partial charge in [-0.1, -0.05) is 23.7 Å². The summed E-state index contributed by atoms with van der Waals surface area (Å²) in [6.45, 7) is 6.21. The van der Waals surface area contributed by atoms with Gasteiger partial charge in [0.1, 0.15) is 0 Å². The molecule has 1 N–H and O–H groups in total. The lowest BCUT2D eigenvalue weighted by Crippen LogP contribution is -2.09. The van der Waals surface area contributed by atoms with Crippen LogP contribution in [0.15, 0.2) is 6.20 Å². The maximum absolute atomic E-state index is 6.37. The minimum atomic E-state index is 0.594. The van der Waals surface area contributed by atoms with Crippen LogP contribution in [-0.4, -0.2) is 31.8 Å². The van der Waals surface area contributed by atoms with Crippen molar-refractivity contribution in [2.75, 3.05) is 7.05 Å². The largest absolute Gasteiger partial charge is 0.314 e. The minimum absolute atomic E-state index is 0.594. The molecule has 2 aromatic heterocycles. The standard InChI is InChI=1S/C12H19ClN6/c1-4-10-12(13)11(19(5-2)16-10)8-18-7-9(6-14-3)15-17-18/h7,14H,4-6,8H2,1-3H3. The zero-order chi connectivity index (χ0) is 13.8. The van der Waals surface area contributed by atoms with Gasteiger partial charge < -0.3 is 5.32 Å². The van der Waals surface area contributed by atoms with Crippen molar-refractivity contribution in [1.82, 2.24) is 30.1 Å². The fraction of sp³-hybridized carbons (Fsp3) is 0.583. The molecule has 2 aromatic rings. The van der Waals surface area contributed by atoms with Crippen molar-refractivity contribution in [3.63, 3.8) is 0 Å². The van der Waals surface area contributed by atoms with E-state index < -0.39 is 0 Å². The van der Waals surface area contributed by atoms with Crippen LogP contribution >= 0.6 is 11.6 Å². The number of aromatic nitrogens is 5. The molecule has 0 unspecified atom stereocenters. The zero-order valence-electron chi connectivity index (χ0n) is 11.5. The van der Waals surface area contributed by atoms with Crippen LogP contribution in [0.1, 0.15) is 30.9 Å². The number of hydrogen-bond donors (Lipinski definition) is 1. The van der Waals surface area contributed by atoms with E-state index in [2.05, 4.69) is 34.6 Å². The van der Waals surface area contributed by atoms with E-state index in [0.29, 0.717) is 13.1 Å². The van der Waals surface area contributed by atoms with E-state index in [0.717, 1.165) is 35.1 Å². The Labute approximate surface area is 117 Å². The monoisotopic (exact) mass is 282 g/mol. The number of halogens is 1. The molecule has 19 heavy (non-hydrogen) atoms. The number of aryl methyl sites for hydroxylation is 2. The first kappa shape index (κ1) is 14.0. The van der Waals surface area contributed by atoms with Gasteiger partial charge in [0.25, 0.3) is 0 Å². The lowest BCUT2D eigenvalue weighted by Gasteiger charge is -2.04. The van der Waals surface area contributed by atoms with Crippen LogP contribution in [0.2, 0.25) is 5.02 Å². The molecule has 2 rings (SSSR count). The molecule has 0 spiro atoms. The quantitative estimate of drug-likeness (QED) is 0.872. The van der Waals surface area contributed by atoms with E-state index in [1.807, 2.05) is 17.9 Å². The van der Waals surface area contributed by atoms with E-state index in [1.165, 1.54) is 0 Å². The summed E-state index contributed by atoms with van der Waals surface area (Å²) in [4.78, 5) is 0. The average Bonchev–Trinajstić information content (AvgIpc) is 2.97. The van der Waals surface area contributed by atoms with Crippen molar-refractivity contribution in [3.05, 3.63) is 28.3 Å². The smallest absolute Gasteiger partial charge is 0.0964 e. The van der Waals surface area contributed by atoms with Gasteiger partial charge in [-0.25, -0.2) is 4.68 Å². The highest BCUT2D eigenvalue weighted by atomic mass is 35.5. The van der Waals surface area contributed by atoms with Crippen molar-refractivity contribution in [3.8, 4) is 0 Å². The van der Waals surface area contributed by atoms with Crippen molar-refractivity contribution in [1.29, 1.82) is 0 Å². The normalized spacial score (nSPS) is 11.2. The first-order valence-electron chi connectivity index (χ1n) is 6.47. The average molecular weight is 283 g/mol. The highest BCUT2D eigenvalue weighted by molar-refractivity contribution is 6.31. The predicted molar refractivity (Wildman–Crippen MR) is 74.2 cm³/mol. The van der Waals surface area contributed by atoms with Crippen LogP contribution in [-0.2, 0) is 26.1 Å². The Hall–Kier alpha value is -1.40. The highest BCUT2D eigenvalue weighted by Gasteiger charge is 2.15. The molecule has 0 amide bonds. The molecule has 0 aliphatic rings. The van der Waals surface area contributed by atoms with E-state index >= 15 is 0 Å². The number of nitrogens with one attached hydrogen (secondary N) is 1. The van der Waals surface area contributed by atoms with E-state index in [9.17, 15) is 0 Å². The summed E-state index contributed by atoms with van der Waals surface area (Å²) in [5.41, 5.74) is 2.84. The Morgan fingerprint density at radius 3 is 2.79 bits per heavy atom. The molecule has 0 aliphatic heterocycles. The summed E-state index contributed by atoms with van der Waals surface area (Å²) < 4.78 is 3.72. The first-order valence-corrected chi connectivity index (χ1v) is 6.85. The maximum Gasteiger partial charge on any atom is 0.0964 e. The summed E-state index contributed by atoms with van der Waals surface area (Å²) in [5, 5.41) is 16.5. The van der Waals surface area contributed by atoms with E-state index in [1.54, 1.807) is 4.68 Å². The number of hydrogen-bond acceptors (Lipinski definition) is 4. The Morgan fingerprint density at radius 2 is 2.16 bits per heavy atom. The van der Waals surface area contributed by atoms with Crippen LogP contribution in [0.5, 0.6) is 0 Å². The fourth-order valence-electron chi connectivity index (χ4n) is 2.00. The Balaban J connectivity index is 2.23. The summed E-state index contributed by atoms with van der Waals surface area (Å²) in [7, 11) is 1.88. The maximum atomic E-state index is 6.37. The second kappa shape index (κ2) is 6.16. The molecule has 7 heteroatoms. The van der Waals surface area contributed by atoms with Gasteiger partial charge >= 0.3 is 0 Å². The van der Waals surface area contributed by atoms with Gasteiger partial charge in [0.15, 0.2) is 0 Å². The second-order valence-electron chi connectivity index (χ2n) is 4.31. The SMILES string of the molecule is CCc1nn(CC)c(Cn2cc(CNC)nn2)c1Cl. The lowest BCUT2D eigenvalue weighted by molar-refractivity contribution is 0.564. The molecule has 0 atom stereocenters. The van der Waals surface area contributed by atoms with Crippen molar-refractivity contribution in [2.45, 2.75) is 39.9 Å². The molecule has 0 radical (unpaired) electrons. The van der Waals surface area contributed by atoms with Gasteiger partial charge in [-0.05, 0) is 20.4 Å². The fourth-order valence-corrected chi connectivity index (χ4v) is 2.33. The molecular formula is C12H19ClN6. The highest BCUT2D eigenvalue weighted by Crippen LogP contribution is 2.22. The molecule has 104 valence electrons. The van der Waals surface area contributed by atoms with Crippen LogP contribution in [0.25, 0.3) is 0 Å². The minimum Gasteiger partial charge on any atom is -0.314 e. The van der Waals surface area contributed by atoms with Crippen LogP contribution in [0.4, 0.5) is 0 Å². The second-order valence-corrected chi connectivity index (χ2v) is 4.69. The lowest BCUT2D eigenvalue weighted by atomic mass is 10.3. The van der Waals surface area contributed by atoms with Gasteiger partial charge in [0.05, 0.1) is 34.8 Å². The van der Waals surface area contributed by atoms with Gasteiger partial charge in [0.2, 0.25) is 0 Å². The zero-order valence-corrected chi connectivity index (χ0v) is 12.3. The molecule has 2 heterocycles. The van der Waals surface area contributed by atoms with Gasteiger partial charge in [0, 0.05) is 13.1 Å². The molecule has 6 nitrogen and oxygen atoms in total. The van der Waals surface area contributed by atoms with Crippen molar-refractivity contribution >= 4 is 11.6 Å². The van der Waals surface area contributed by atoms with Crippen molar-refractivity contribution < 1.29 is 0 Å². The number of rotatable bonds is 6. The summed E-state index contributed by atoms with van der Waals surface area (Å²) in [5.74, 6) is 0. The van der Waals surface area contributed by atoms with Gasteiger partial charge in [-0.15, -0.1) is 5.10 Å². The van der Waals surface area contributed by atoms with Gasteiger partial charge in [-0.2, -0.15) is 5.10 Å². The Kier molecular flexibility index (Phi) is 4.55. The molecule has 0 fully saturated rings. The Morgan fingerprint density at radius 1 is 1.37 bits per heavy atom. The topological polar surface area (TPSA) is 60.6 Å². The van der Waals surface area contributed by atoms with Gasteiger partial charge in [-0.3, -0.25) is 4.68 Å². The van der Waals surface area contributed by atoms with Crippen LogP contribution < -0.4 is 5.32 Å². The summed E-state index contributed by atoms with van der Waals surface area (Å²) in [6.07, 6.45) is 2.76. The number of nitrogens with zero attached hydrogens (tertiary/aromatic N) is 5. The van der Waals surface area contributed by atoms with Crippen molar-refractivity contribution in [2.24, 2.45) is 0 Å². The van der Waals surface area contributed by atoms with Crippen LogP contribution in [0.3, 0.4) is 0 Å². The van der Waals surface area contributed by atoms with Crippen LogP contribution in [0, 0.1) is 0 Å². The molecule has 0 bridgehead atoms. The molecule has 0 saturated carbocycles. The third-order valence-corrected chi connectivity index (χ3v) is 3.39. The molecule has 0 saturated heterocycles. The third-order valence-electron chi connectivity index (χ3n) is 2.95.